The molecule has 0 radical (unpaired) electrons. The lowest BCUT2D eigenvalue weighted by Crippen LogP contribution is -2.65. The molecular weight excluding hydrogens is 934 g/mol. The maximum Gasteiger partial charge on any atom is 0.331 e. The summed E-state index contributed by atoms with van der Waals surface area (Å²) in [6.07, 6.45) is 7.20. The third-order valence-electron chi connectivity index (χ3n) is 15.6. The number of nitrogens with one attached hydrogen (secondary N) is 3. The van der Waals surface area contributed by atoms with Gasteiger partial charge in [0.15, 0.2) is 5.43 Å². The number of halogens is 2. The average Bonchev–Trinajstić information content (AvgIpc) is 3.62. The lowest BCUT2D eigenvalue weighted by Gasteiger charge is -2.69. The van der Waals surface area contributed by atoms with Gasteiger partial charge in [-0.05, 0) is 180 Å². The molecule has 3 aromatic rings. The Bertz CT molecular complexity index is 2250. The number of thiophene rings is 1. The van der Waals surface area contributed by atoms with Crippen LogP contribution in [0.1, 0.15) is 117 Å². The lowest BCUT2D eigenvalue weighted by molar-refractivity contribution is -0.234. The van der Waals surface area contributed by atoms with Gasteiger partial charge in [0.1, 0.15) is 11.9 Å². The Balaban J connectivity index is 0.000000223. The highest BCUT2D eigenvalue weighted by Gasteiger charge is 2.70. The number of hydrogen-bond acceptors (Lipinski definition) is 9. The molecule has 7 rings (SSSR count). The average molecular weight is 1000 g/mol. The first-order valence-electron chi connectivity index (χ1n) is 22.4. The van der Waals surface area contributed by atoms with E-state index in [0.717, 1.165) is 87.9 Å². The van der Waals surface area contributed by atoms with Crippen molar-refractivity contribution in [2.45, 2.75) is 138 Å². The quantitative estimate of drug-likeness (QED) is 0.0449. The molecule has 0 bridgehead atoms. The Kier molecular flexibility index (Phi) is 15.5. The highest BCUT2D eigenvalue weighted by atomic mass is 79.9. The number of H-pyrrole nitrogens is 1. The number of aliphatic hydroxyl groups is 2. The highest BCUT2D eigenvalue weighted by molar-refractivity contribution is 9.13. The number of carboxylic acid groups (broad SMARTS) is 1. The van der Waals surface area contributed by atoms with Crippen molar-refractivity contribution in [2.24, 2.45) is 39.9 Å². The highest BCUT2D eigenvalue weighted by Crippen LogP contribution is 2.74. The second kappa shape index (κ2) is 19.7. The SMILES string of the molecule is CC(=O)O[C@H]1C[C@@]2(C)[C@@H](CC(O)C3[C@]2(C)CC[C@H]2[C@H](C)[C@H](O)CC[C@]32C)/C1=C(/CCC=C(C)C)C(=O)O.Cc1c(CNCCCNc2cc(=O)c3ccccc3[nH]2)sc(Br)c1Br. The predicted molar refractivity (Wildman–Crippen MR) is 256 cm³/mol. The maximum atomic E-state index is 12.6. The Labute approximate surface area is 388 Å². The summed E-state index contributed by atoms with van der Waals surface area (Å²) >= 11 is 8.89. The molecule has 2 heterocycles. The van der Waals surface area contributed by atoms with Crippen molar-refractivity contribution in [2.75, 3.05) is 18.4 Å². The molecule has 10 nitrogen and oxygen atoms in total. The predicted octanol–water partition coefficient (Wildman–Crippen LogP) is 10.7. The Hall–Kier alpha value is -2.81. The number of aromatic amines is 1. The third-order valence-corrected chi connectivity index (χ3v) is 19.3. The minimum Gasteiger partial charge on any atom is -0.478 e. The first-order chi connectivity index (χ1) is 29.2. The van der Waals surface area contributed by atoms with E-state index in [1.165, 1.54) is 17.4 Å². The van der Waals surface area contributed by atoms with Gasteiger partial charge in [0.25, 0.3) is 0 Å². The molecule has 340 valence electrons. The molecule has 0 aliphatic heterocycles. The summed E-state index contributed by atoms with van der Waals surface area (Å²) in [4.78, 5) is 41.5. The van der Waals surface area contributed by atoms with Crippen LogP contribution in [0.2, 0.25) is 0 Å². The van der Waals surface area contributed by atoms with Crippen LogP contribution in [0, 0.1) is 46.8 Å². The molecule has 62 heavy (non-hydrogen) atoms. The van der Waals surface area contributed by atoms with Crippen molar-refractivity contribution in [3.05, 3.63) is 82.1 Å². The fraction of sp³-hybridized carbons (Fsp3) is 0.612. The number of rotatable bonds is 12. The van der Waals surface area contributed by atoms with Crippen molar-refractivity contribution in [3.63, 3.8) is 0 Å². The molecule has 13 heteroatoms. The summed E-state index contributed by atoms with van der Waals surface area (Å²) in [5, 5.41) is 40.4. The van der Waals surface area contributed by atoms with E-state index in [1.807, 2.05) is 44.2 Å². The molecule has 0 spiro atoms. The maximum absolute atomic E-state index is 12.6. The monoisotopic (exact) mass is 999 g/mol. The smallest absolute Gasteiger partial charge is 0.331 e. The number of para-hydroxylation sites is 1. The lowest BCUT2D eigenvalue weighted by atomic mass is 9.36. The number of aliphatic hydroxyl groups excluding tert-OH is 2. The van der Waals surface area contributed by atoms with Crippen LogP contribution in [0.25, 0.3) is 10.9 Å². The van der Waals surface area contributed by atoms with Crippen molar-refractivity contribution in [1.82, 2.24) is 10.3 Å². The molecule has 2 unspecified atom stereocenters. The van der Waals surface area contributed by atoms with Crippen LogP contribution in [-0.4, -0.2) is 63.6 Å². The zero-order valence-corrected chi connectivity index (χ0v) is 41.6. The number of anilines is 1. The Morgan fingerprint density at radius 2 is 1.76 bits per heavy atom. The summed E-state index contributed by atoms with van der Waals surface area (Å²) in [5.74, 6) is -0.140. The zero-order chi connectivity index (χ0) is 45.3. The van der Waals surface area contributed by atoms with Crippen LogP contribution in [0.5, 0.6) is 0 Å². The van der Waals surface area contributed by atoms with E-state index < -0.39 is 24.1 Å². The van der Waals surface area contributed by atoms with Crippen LogP contribution in [0.4, 0.5) is 5.82 Å². The fourth-order valence-electron chi connectivity index (χ4n) is 12.4. The van der Waals surface area contributed by atoms with Gasteiger partial charge < -0.3 is 35.7 Å². The van der Waals surface area contributed by atoms with Crippen molar-refractivity contribution in [1.29, 1.82) is 0 Å². The van der Waals surface area contributed by atoms with Crippen LogP contribution in [0.15, 0.2) is 66.2 Å². The standard InChI is InChI=1S/C31H48O6.C18H19Br2N3OS/c1-17(2)9-8-10-20(28(35)36)26-22-15-24(34)27-29(5)13-12-23(33)18(3)21(29)11-14-30(27,6)31(22,7)16-25(26)37-19(4)32;1-11-15(25-18(20)17(11)19)10-21-7-4-8-22-16-9-14(24)12-5-2-3-6-13(12)23-16/h9,18,21-25,27,33-34H,8,10-16H2,1-7H3,(H,35,36);2-3,5-6,9,21H,4,7-8,10H2,1H3,(H2,22,23,24)/b26-20+;/t18-,21-,22-,23+,24?,25-,27?,29-,30-,31-;/m0./s1. The number of carbonyl (C=O) groups excluding carboxylic acids is 1. The van der Waals surface area contributed by atoms with E-state index in [9.17, 15) is 29.7 Å². The van der Waals surface area contributed by atoms with E-state index >= 15 is 0 Å². The summed E-state index contributed by atoms with van der Waals surface area (Å²) in [7, 11) is 0. The van der Waals surface area contributed by atoms with Gasteiger partial charge in [-0.2, -0.15) is 0 Å². The molecule has 4 fully saturated rings. The van der Waals surface area contributed by atoms with Crippen molar-refractivity contribution >= 4 is 71.9 Å². The number of esters is 1. The van der Waals surface area contributed by atoms with Crippen LogP contribution >= 0.6 is 43.2 Å². The first kappa shape index (κ1) is 48.6. The summed E-state index contributed by atoms with van der Waals surface area (Å²) in [6.45, 7) is 19.2. The van der Waals surface area contributed by atoms with Crippen LogP contribution in [-0.2, 0) is 20.9 Å². The number of pyridine rings is 1. The molecule has 1 aromatic carbocycles. The van der Waals surface area contributed by atoms with Crippen LogP contribution in [0.3, 0.4) is 0 Å². The number of ether oxygens (including phenoxy) is 1. The fourth-order valence-corrected chi connectivity index (χ4v) is 14.8. The molecule has 4 saturated carbocycles. The molecule has 4 aliphatic rings. The molecule has 0 amide bonds. The zero-order valence-electron chi connectivity index (χ0n) is 37.6. The Morgan fingerprint density at radius 1 is 1.03 bits per heavy atom. The van der Waals surface area contributed by atoms with Gasteiger partial charge in [0.2, 0.25) is 0 Å². The first-order valence-corrected chi connectivity index (χ1v) is 24.8. The van der Waals surface area contributed by atoms with Crippen LogP contribution < -0.4 is 16.1 Å². The van der Waals surface area contributed by atoms with Gasteiger partial charge in [-0.15, -0.1) is 11.3 Å². The van der Waals surface area contributed by atoms with Gasteiger partial charge in [-0.3, -0.25) is 9.59 Å². The van der Waals surface area contributed by atoms with E-state index in [1.54, 1.807) is 17.4 Å². The van der Waals surface area contributed by atoms with Crippen molar-refractivity contribution in [3.8, 4) is 0 Å². The van der Waals surface area contributed by atoms with Crippen molar-refractivity contribution < 1.29 is 29.6 Å². The number of carbonyl (C=O) groups is 2. The van der Waals surface area contributed by atoms with E-state index in [2.05, 4.69) is 82.1 Å². The van der Waals surface area contributed by atoms with Gasteiger partial charge >= 0.3 is 11.9 Å². The van der Waals surface area contributed by atoms with Gasteiger partial charge in [0.05, 0.1) is 21.5 Å². The topological polar surface area (TPSA) is 161 Å². The summed E-state index contributed by atoms with van der Waals surface area (Å²) in [5.41, 5.74) is 3.76. The number of carboxylic acids is 1. The molecule has 0 saturated heterocycles. The number of fused-ring (bicyclic) bond motifs is 6. The number of aromatic nitrogens is 1. The number of benzene rings is 1. The van der Waals surface area contributed by atoms with Gasteiger partial charge in [-0.1, -0.05) is 51.5 Å². The number of hydrogen-bond donors (Lipinski definition) is 6. The largest absolute Gasteiger partial charge is 0.478 e. The molecule has 4 aliphatic carbocycles. The number of allylic oxidation sites excluding steroid dienone is 2. The second-order valence-electron chi connectivity index (χ2n) is 19.4. The number of aliphatic carboxylic acids is 1. The minimum atomic E-state index is -0.953. The minimum absolute atomic E-state index is 0.0410. The summed E-state index contributed by atoms with van der Waals surface area (Å²) in [6, 6.07) is 9.19. The van der Waals surface area contributed by atoms with E-state index in [-0.39, 0.29) is 45.5 Å². The molecule has 10 atom stereocenters. The molecular formula is C49H67Br2N3O7S. The molecule has 6 N–H and O–H groups in total. The Morgan fingerprint density at radius 3 is 2.42 bits per heavy atom. The molecule has 2 aromatic heterocycles. The van der Waals surface area contributed by atoms with Gasteiger partial charge in [0, 0.05) is 46.4 Å². The van der Waals surface area contributed by atoms with Gasteiger partial charge in [-0.25, -0.2) is 4.79 Å². The summed E-state index contributed by atoms with van der Waals surface area (Å²) < 4.78 is 8.16. The normalized spacial score (nSPS) is 32.1. The van der Waals surface area contributed by atoms with E-state index in [0.29, 0.717) is 37.2 Å². The van der Waals surface area contributed by atoms with E-state index in [4.69, 9.17) is 4.74 Å². The second-order valence-corrected chi connectivity index (χ2v) is 22.6. The third kappa shape index (κ3) is 9.59.